The molecule has 0 saturated heterocycles. The smallest absolute Gasteiger partial charge is 0.217 e. The van der Waals surface area contributed by atoms with Crippen LogP contribution in [0.25, 0.3) is 0 Å². The summed E-state index contributed by atoms with van der Waals surface area (Å²) < 4.78 is 0. The van der Waals surface area contributed by atoms with Gasteiger partial charge in [0, 0.05) is 6.92 Å². The molecular formula is C25H37NO. The first-order valence-electron chi connectivity index (χ1n) is 10.2. The summed E-state index contributed by atoms with van der Waals surface area (Å²) in [5.74, 6) is 0.507. The monoisotopic (exact) mass is 367 g/mol. The Balaban J connectivity index is 0.000000289. The molecule has 0 spiro atoms. The van der Waals surface area contributed by atoms with E-state index >= 15 is 0 Å². The Morgan fingerprint density at radius 1 is 1.00 bits per heavy atom. The summed E-state index contributed by atoms with van der Waals surface area (Å²) in [6, 6.07) is 19.1. The Labute approximate surface area is 166 Å². The molecule has 2 rings (SSSR count). The number of hydrogen-bond acceptors (Lipinski definition) is 1. The Morgan fingerprint density at radius 2 is 1.67 bits per heavy atom. The minimum absolute atomic E-state index is 0.0000463. The van der Waals surface area contributed by atoms with Crippen molar-refractivity contribution in [3.63, 3.8) is 0 Å². The standard InChI is InChI=1S/C14H21NO.C11H16/c1-10(2)12-7-6-8-13(9-12)14(4,5)15-11(3)16;1-2-3-5-8-11-9-6-4-7-10-11/h6-10H,1-5H3,(H,15,16);4,6-7,9-10H,2-3,5,8H2,1H3. The van der Waals surface area contributed by atoms with Crippen molar-refractivity contribution in [2.24, 2.45) is 0 Å². The molecule has 0 atom stereocenters. The fourth-order valence-electron chi connectivity index (χ4n) is 3.02. The van der Waals surface area contributed by atoms with Crippen LogP contribution < -0.4 is 5.32 Å². The molecule has 0 aliphatic carbocycles. The van der Waals surface area contributed by atoms with Gasteiger partial charge < -0.3 is 5.32 Å². The summed E-state index contributed by atoms with van der Waals surface area (Å²) in [6.07, 6.45) is 5.25. The zero-order valence-electron chi connectivity index (χ0n) is 18.0. The molecule has 1 N–H and O–H groups in total. The molecule has 1 amide bonds. The lowest BCUT2D eigenvalue weighted by Gasteiger charge is -2.27. The summed E-state index contributed by atoms with van der Waals surface area (Å²) in [5.41, 5.74) is 3.61. The van der Waals surface area contributed by atoms with Crippen LogP contribution in [0.3, 0.4) is 0 Å². The Kier molecular flexibility index (Phi) is 9.85. The van der Waals surface area contributed by atoms with Crippen LogP contribution >= 0.6 is 0 Å². The van der Waals surface area contributed by atoms with Crippen LogP contribution in [0.5, 0.6) is 0 Å². The van der Waals surface area contributed by atoms with E-state index in [4.69, 9.17) is 0 Å². The number of aryl methyl sites for hydroxylation is 1. The minimum atomic E-state index is -0.309. The average molecular weight is 368 g/mol. The van der Waals surface area contributed by atoms with E-state index < -0.39 is 0 Å². The largest absolute Gasteiger partial charge is 0.347 e. The molecule has 0 aliphatic heterocycles. The summed E-state index contributed by atoms with van der Waals surface area (Å²) >= 11 is 0. The Bertz CT molecular complexity index is 674. The number of hydrogen-bond donors (Lipinski definition) is 1. The van der Waals surface area contributed by atoms with Gasteiger partial charge in [0.2, 0.25) is 5.91 Å². The zero-order chi connectivity index (χ0) is 20.3. The average Bonchev–Trinajstić information content (AvgIpc) is 2.62. The van der Waals surface area contributed by atoms with E-state index in [1.54, 1.807) is 6.92 Å². The highest BCUT2D eigenvalue weighted by atomic mass is 16.1. The lowest BCUT2D eigenvalue weighted by Crippen LogP contribution is -2.39. The van der Waals surface area contributed by atoms with Gasteiger partial charge in [0.1, 0.15) is 0 Å². The second-order valence-corrected chi connectivity index (χ2v) is 8.03. The Morgan fingerprint density at radius 3 is 2.22 bits per heavy atom. The summed E-state index contributed by atoms with van der Waals surface area (Å²) in [7, 11) is 0. The van der Waals surface area contributed by atoms with Crippen LogP contribution in [0.2, 0.25) is 0 Å². The third-order valence-corrected chi connectivity index (χ3v) is 4.68. The van der Waals surface area contributed by atoms with Gasteiger partial charge in [-0.25, -0.2) is 0 Å². The summed E-state index contributed by atoms with van der Waals surface area (Å²) in [5, 5.41) is 2.96. The third-order valence-electron chi connectivity index (χ3n) is 4.68. The fourth-order valence-corrected chi connectivity index (χ4v) is 3.02. The zero-order valence-corrected chi connectivity index (χ0v) is 18.0. The van der Waals surface area contributed by atoms with Gasteiger partial charge in [-0.1, -0.05) is 88.2 Å². The van der Waals surface area contributed by atoms with Crippen molar-refractivity contribution >= 4 is 5.91 Å². The molecule has 0 fully saturated rings. The van der Waals surface area contributed by atoms with Gasteiger partial charge in [-0.05, 0) is 49.3 Å². The predicted molar refractivity (Wildman–Crippen MR) is 117 cm³/mol. The van der Waals surface area contributed by atoms with Gasteiger partial charge >= 0.3 is 0 Å². The molecule has 0 radical (unpaired) electrons. The van der Waals surface area contributed by atoms with Crippen molar-refractivity contribution in [3.8, 4) is 0 Å². The highest BCUT2D eigenvalue weighted by Crippen LogP contribution is 2.24. The number of carbonyl (C=O) groups excluding carboxylic acids is 1. The number of nitrogens with one attached hydrogen (secondary N) is 1. The van der Waals surface area contributed by atoms with Crippen LogP contribution in [0.1, 0.15) is 83.4 Å². The number of amides is 1. The lowest BCUT2D eigenvalue weighted by atomic mass is 9.90. The summed E-state index contributed by atoms with van der Waals surface area (Å²) in [4.78, 5) is 11.1. The SMILES string of the molecule is CC(=O)NC(C)(C)c1cccc(C(C)C)c1.CCCCCc1ccccc1. The third kappa shape index (κ3) is 8.90. The molecular weight excluding hydrogens is 330 g/mol. The van der Waals surface area contributed by atoms with E-state index in [0.717, 1.165) is 5.56 Å². The Hall–Kier alpha value is -2.09. The molecule has 27 heavy (non-hydrogen) atoms. The van der Waals surface area contributed by atoms with Crippen LogP contribution in [0, 0.1) is 0 Å². The van der Waals surface area contributed by atoms with E-state index in [0.29, 0.717) is 5.92 Å². The molecule has 2 heteroatoms. The van der Waals surface area contributed by atoms with Gasteiger partial charge in [0.25, 0.3) is 0 Å². The van der Waals surface area contributed by atoms with Gasteiger partial charge in [-0.15, -0.1) is 0 Å². The van der Waals surface area contributed by atoms with Crippen molar-refractivity contribution in [1.29, 1.82) is 0 Å². The van der Waals surface area contributed by atoms with Crippen molar-refractivity contribution in [2.45, 2.75) is 78.7 Å². The van der Waals surface area contributed by atoms with E-state index in [2.05, 4.69) is 74.6 Å². The molecule has 2 aromatic carbocycles. The van der Waals surface area contributed by atoms with Crippen molar-refractivity contribution in [1.82, 2.24) is 5.32 Å². The van der Waals surface area contributed by atoms with Crippen LogP contribution in [-0.2, 0) is 16.8 Å². The lowest BCUT2D eigenvalue weighted by molar-refractivity contribution is -0.120. The second kappa shape index (κ2) is 11.6. The molecule has 0 bridgehead atoms. The van der Waals surface area contributed by atoms with Crippen LogP contribution in [0.15, 0.2) is 54.6 Å². The first kappa shape index (κ1) is 23.0. The predicted octanol–water partition coefficient (Wildman–Crippen LogP) is 6.60. The van der Waals surface area contributed by atoms with Crippen molar-refractivity contribution in [2.75, 3.05) is 0 Å². The van der Waals surface area contributed by atoms with Gasteiger partial charge in [0.05, 0.1) is 5.54 Å². The summed E-state index contributed by atoms with van der Waals surface area (Å²) in [6.45, 7) is 12.2. The normalized spacial score (nSPS) is 10.9. The fraction of sp³-hybridized carbons (Fsp3) is 0.480. The van der Waals surface area contributed by atoms with Crippen molar-refractivity contribution in [3.05, 3.63) is 71.3 Å². The quantitative estimate of drug-likeness (QED) is 0.549. The molecule has 0 aliphatic rings. The highest BCUT2D eigenvalue weighted by Gasteiger charge is 2.21. The molecule has 148 valence electrons. The van der Waals surface area contributed by atoms with E-state index in [9.17, 15) is 4.79 Å². The maximum atomic E-state index is 11.1. The molecule has 0 unspecified atom stereocenters. The molecule has 2 aromatic rings. The van der Waals surface area contributed by atoms with Crippen LogP contribution in [-0.4, -0.2) is 5.91 Å². The van der Waals surface area contributed by atoms with Gasteiger partial charge in [0.15, 0.2) is 0 Å². The van der Waals surface area contributed by atoms with Gasteiger partial charge in [-0.2, -0.15) is 0 Å². The molecule has 0 aromatic heterocycles. The topological polar surface area (TPSA) is 29.1 Å². The van der Waals surface area contributed by atoms with E-state index in [1.807, 2.05) is 19.9 Å². The van der Waals surface area contributed by atoms with Crippen LogP contribution in [0.4, 0.5) is 0 Å². The molecule has 2 nitrogen and oxygen atoms in total. The molecule has 0 heterocycles. The highest BCUT2D eigenvalue weighted by molar-refractivity contribution is 5.74. The first-order chi connectivity index (χ1) is 12.8. The second-order valence-electron chi connectivity index (χ2n) is 8.03. The minimum Gasteiger partial charge on any atom is -0.347 e. The van der Waals surface area contributed by atoms with E-state index in [1.165, 1.54) is 36.8 Å². The van der Waals surface area contributed by atoms with Gasteiger partial charge in [-0.3, -0.25) is 4.79 Å². The maximum absolute atomic E-state index is 11.1. The van der Waals surface area contributed by atoms with Crippen molar-refractivity contribution < 1.29 is 4.79 Å². The number of rotatable bonds is 7. The number of carbonyl (C=O) groups is 1. The molecule has 0 saturated carbocycles. The first-order valence-corrected chi connectivity index (χ1v) is 10.2. The number of benzene rings is 2. The maximum Gasteiger partial charge on any atom is 0.217 e. The number of unbranched alkanes of at least 4 members (excludes halogenated alkanes) is 2. The van der Waals surface area contributed by atoms with E-state index in [-0.39, 0.29) is 11.4 Å².